The van der Waals surface area contributed by atoms with E-state index in [1.54, 1.807) is 17.5 Å². The summed E-state index contributed by atoms with van der Waals surface area (Å²) in [7, 11) is 0. The molecule has 0 aliphatic carbocycles. The number of rotatable bonds is 4. The summed E-state index contributed by atoms with van der Waals surface area (Å²) < 4.78 is 21.4. The van der Waals surface area contributed by atoms with Crippen molar-refractivity contribution >= 4 is 50.6 Å². The van der Waals surface area contributed by atoms with Crippen molar-refractivity contribution in [2.24, 2.45) is 0 Å². The molecule has 0 unspecified atom stereocenters. The van der Waals surface area contributed by atoms with Gasteiger partial charge in [0.2, 0.25) is 0 Å². The van der Waals surface area contributed by atoms with Crippen molar-refractivity contribution in [2.45, 2.75) is 6.92 Å². The van der Waals surface area contributed by atoms with Gasteiger partial charge in [0.25, 0.3) is 5.91 Å². The van der Waals surface area contributed by atoms with E-state index in [0.717, 1.165) is 9.90 Å². The Morgan fingerprint density at radius 1 is 1.30 bits per heavy atom. The zero-order valence-corrected chi connectivity index (χ0v) is 16.7. The van der Waals surface area contributed by atoms with Gasteiger partial charge in [0, 0.05) is 11.4 Å². The van der Waals surface area contributed by atoms with Gasteiger partial charge in [0.1, 0.15) is 26.8 Å². The van der Waals surface area contributed by atoms with Crippen molar-refractivity contribution in [3.63, 3.8) is 0 Å². The third-order valence-corrected chi connectivity index (χ3v) is 5.24. The summed E-state index contributed by atoms with van der Waals surface area (Å²) >= 11 is 3.38. The quantitative estimate of drug-likeness (QED) is 0.434. The fourth-order valence-electron chi connectivity index (χ4n) is 2.36. The number of aryl methyl sites for hydroxylation is 1. The number of carbonyl (C=O) groups excluding carboxylic acids is 1. The second-order valence-corrected chi connectivity index (χ2v) is 7.36. The van der Waals surface area contributed by atoms with Gasteiger partial charge in [0.15, 0.2) is 10.8 Å². The molecule has 11 heteroatoms. The average molecular weight is 496 g/mol. The summed E-state index contributed by atoms with van der Waals surface area (Å²) in [5, 5.41) is 13.1. The highest BCUT2D eigenvalue weighted by atomic mass is 127. The number of halogens is 2. The van der Waals surface area contributed by atoms with Gasteiger partial charge in [0.05, 0.1) is 24.2 Å². The predicted molar refractivity (Wildman–Crippen MR) is 105 cm³/mol. The van der Waals surface area contributed by atoms with Gasteiger partial charge in [-0.05, 0) is 35.6 Å². The van der Waals surface area contributed by atoms with Gasteiger partial charge in [-0.3, -0.25) is 19.5 Å². The summed E-state index contributed by atoms with van der Waals surface area (Å²) in [6.45, 7) is 1.75. The number of hydrogen-bond donors (Lipinski definition) is 1. The van der Waals surface area contributed by atoms with Crippen LogP contribution in [0.2, 0.25) is 0 Å². The van der Waals surface area contributed by atoms with E-state index in [1.165, 1.54) is 29.7 Å². The average Bonchev–Trinajstić information content (AvgIpc) is 3.20. The van der Waals surface area contributed by atoms with Crippen molar-refractivity contribution < 1.29 is 13.9 Å². The molecular weight excluding hydrogens is 486 g/mol. The highest BCUT2D eigenvalue weighted by Crippen LogP contribution is 2.26. The summed E-state index contributed by atoms with van der Waals surface area (Å²) in [6.07, 6.45) is 4.08. The molecule has 0 aliphatic rings. The third-order valence-electron chi connectivity index (χ3n) is 3.51. The van der Waals surface area contributed by atoms with Crippen molar-refractivity contribution in [3.05, 3.63) is 57.0 Å². The number of nitrogens with zero attached hydrogens (tertiary/aromatic N) is 5. The topological polar surface area (TPSA) is 94.3 Å². The molecule has 0 fully saturated rings. The summed E-state index contributed by atoms with van der Waals surface area (Å²) in [5.74, 6) is 0.176. The molecule has 27 heavy (non-hydrogen) atoms. The van der Waals surface area contributed by atoms with Crippen LogP contribution >= 0.6 is 33.9 Å². The first-order valence-corrected chi connectivity index (χ1v) is 9.51. The third kappa shape index (κ3) is 3.73. The van der Waals surface area contributed by atoms with Crippen LogP contribution in [-0.2, 0) is 0 Å². The normalized spacial score (nSPS) is 10.9. The molecule has 136 valence electrons. The zero-order chi connectivity index (χ0) is 19.0. The molecule has 0 aromatic carbocycles. The smallest absolute Gasteiger partial charge is 0.261 e. The van der Waals surface area contributed by atoms with Crippen LogP contribution in [0.1, 0.15) is 16.2 Å². The molecule has 0 aliphatic heterocycles. The van der Waals surface area contributed by atoms with Gasteiger partial charge in [-0.1, -0.05) is 0 Å². The lowest BCUT2D eigenvalue weighted by molar-refractivity contribution is 0.102. The fourth-order valence-corrected chi connectivity index (χ4v) is 3.71. The minimum Gasteiger partial charge on any atom is -0.454 e. The van der Waals surface area contributed by atoms with E-state index in [4.69, 9.17) is 4.74 Å². The summed E-state index contributed by atoms with van der Waals surface area (Å²) in [6, 6.07) is 2.72. The van der Waals surface area contributed by atoms with Crippen molar-refractivity contribution in [1.29, 1.82) is 0 Å². The van der Waals surface area contributed by atoms with Crippen LogP contribution in [-0.4, -0.2) is 30.5 Å². The molecule has 8 nitrogen and oxygen atoms in total. The van der Waals surface area contributed by atoms with Gasteiger partial charge in [-0.25, -0.2) is 9.37 Å². The van der Waals surface area contributed by atoms with E-state index in [1.807, 2.05) is 5.38 Å². The first-order valence-electron chi connectivity index (χ1n) is 7.56. The number of aromatic nitrogens is 5. The molecule has 0 saturated carbocycles. The van der Waals surface area contributed by atoms with Crippen LogP contribution in [0.4, 0.5) is 9.52 Å². The van der Waals surface area contributed by atoms with Gasteiger partial charge in [-0.15, -0.1) is 21.5 Å². The van der Waals surface area contributed by atoms with E-state index in [9.17, 15) is 9.18 Å². The molecule has 1 amide bonds. The Morgan fingerprint density at radius 3 is 2.89 bits per heavy atom. The number of amides is 1. The van der Waals surface area contributed by atoms with Crippen molar-refractivity contribution in [2.75, 3.05) is 5.32 Å². The molecule has 1 N–H and O–H groups in total. The van der Waals surface area contributed by atoms with Gasteiger partial charge in [-0.2, -0.15) is 0 Å². The molecule has 0 atom stereocenters. The van der Waals surface area contributed by atoms with E-state index in [0.29, 0.717) is 22.4 Å². The van der Waals surface area contributed by atoms with Crippen LogP contribution < -0.4 is 10.1 Å². The van der Waals surface area contributed by atoms with Gasteiger partial charge < -0.3 is 4.74 Å². The number of carbonyl (C=O) groups is 1. The lowest BCUT2D eigenvalue weighted by Gasteiger charge is -2.09. The van der Waals surface area contributed by atoms with Crippen LogP contribution in [0.3, 0.4) is 0 Å². The van der Waals surface area contributed by atoms with Gasteiger partial charge >= 0.3 is 0 Å². The zero-order valence-electron chi connectivity index (χ0n) is 13.7. The second-order valence-electron chi connectivity index (χ2n) is 5.40. The van der Waals surface area contributed by atoms with E-state index in [-0.39, 0.29) is 11.3 Å². The Bertz CT molecular complexity index is 1160. The Hall–Kier alpha value is -2.67. The maximum atomic E-state index is 13.4. The number of ether oxygens (including phenoxy) is 1. The second kappa shape index (κ2) is 7.15. The van der Waals surface area contributed by atoms with Crippen molar-refractivity contribution in [1.82, 2.24) is 24.6 Å². The summed E-state index contributed by atoms with van der Waals surface area (Å²) in [5.41, 5.74) is 0.628. The van der Waals surface area contributed by atoms with Crippen LogP contribution in [0.15, 0.2) is 36.1 Å². The highest BCUT2D eigenvalue weighted by molar-refractivity contribution is 14.1. The molecule has 4 heterocycles. The minimum atomic E-state index is -0.523. The maximum absolute atomic E-state index is 13.4. The SMILES string of the molecule is Cc1nnc2c(C(=O)Nc3nc(I)cs3)cc(Oc3cncc(F)c3)cn12. The van der Waals surface area contributed by atoms with E-state index < -0.39 is 11.7 Å². The lowest BCUT2D eigenvalue weighted by atomic mass is 10.2. The minimum absolute atomic E-state index is 0.209. The summed E-state index contributed by atoms with van der Waals surface area (Å²) in [4.78, 5) is 20.7. The Labute approximate surface area is 169 Å². The Balaban J connectivity index is 1.73. The molecule has 0 bridgehead atoms. The molecule has 0 spiro atoms. The lowest BCUT2D eigenvalue weighted by Crippen LogP contribution is -2.14. The van der Waals surface area contributed by atoms with Crippen LogP contribution in [0.25, 0.3) is 5.65 Å². The van der Waals surface area contributed by atoms with E-state index >= 15 is 0 Å². The molecular formula is C16H10FIN6O2S. The van der Waals surface area contributed by atoms with E-state index in [2.05, 4.69) is 48.1 Å². The number of nitrogens with one attached hydrogen (secondary N) is 1. The highest BCUT2D eigenvalue weighted by Gasteiger charge is 2.18. The monoisotopic (exact) mass is 496 g/mol. The fraction of sp³-hybridized carbons (Fsp3) is 0.0625. The van der Waals surface area contributed by atoms with Crippen LogP contribution in [0.5, 0.6) is 11.5 Å². The van der Waals surface area contributed by atoms with Crippen LogP contribution in [0, 0.1) is 16.4 Å². The Kier molecular flexibility index (Phi) is 4.70. The standard InChI is InChI=1S/C16H10FIN6O2S/c1-8-22-23-14-12(15(25)21-16-20-13(18)7-27-16)3-11(6-24(8)14)26-10-2-9(17)4-19-5-10/h2-7H,1H3,(H,20,21,25). The number of pyridine rings is 2. The number of hydrogen-bond acceptors (Lipinski definition) is 7. The molecule has 4 aromatic rings. The molecule has 4 aromatic heterocycles. The number of thiazole rings is 1. The molecule has 0 radical (unpaired) electrons. The Morgan fingerprint density at radius 2 is 2.15 bits per heavy atom. The van der Waals surface area contributed by atoms with Crippen molar-refractivity contribution in [3.8, 4) is 11.5 Å². The largest absolute Gasteiger partial charge is 0.454 e. The number of anilines is 1. The predicted octanol–water partition coefficient (Wildman–Crippen LogP) is 3.68. The molecule has 4 rings (SSSR count). The first-order chi connectivity index (χ1) is 13.0. The first kappa shape index (κ1) is 17.7. The maximum Gasteiger partial charge on any atom is 0.261 e. The number of fused-ring (bicyclic) bond motifs is 1. The molecule has 0 saturated heterocycles.